The van der Waals surface area contributed by atoms with E-state index in [0.717, 1.165) is 16.6 Å². The SMILES string of the molecule is Cc1ncsc1CNC(=O)Nc1ccc(C(=O)O)cc1F. The number of nitrogens with zero attached hydrogens (tertiary/aromatic N) is 1. The number of aromatic carboxylic acids is 1. The van der Waals surface area contributed by atoms with Gasteiger partial charge in [-0.05, 0) is 25.1 Å². The molecule has 8 heteroatoms. The van der Waals surface area contributed by atoms with Gasteiger partial charge in [-0.3, -0.25) is 0 Å². The van der Waals surface area contributed by atoms with Gasteiger partial charge in [-0.1, -0.05) is 0 Å². The first-order chi connectivity index (χ1) is 9.97. The van der Waals surface area contributed by atoms with Gasteiger partial charge in [0.25, 0.3) is 0 Å². The number of hydrogen-bond acceptors (Lipinski definition) is 4. The topological polar surface area (TPSA) is 91.3 Å². The van der Waals surface area contributed by atoms with Crippen LogP contribution in [0.5, 0.6) is 0 Å². The number of carboxylic acid groups (broad SMARTS) is 1. The number of aromatic nitrogens is 1. The minimum Gasteiger partial charge on any atom is -0.478 e. The Kier molecular flexibility index (Phi) is 4.49. The van der Waals surface area contributed by atoms with E-state index >= 15 is 0 Å². The molecule has 6 nitrogen and oxygen atoms in total. The number of urea groups is 1. The fraction of sp³-hybridized carbons (Fsp3) is 0.154. The number of aryl methyl sites for hydroxylation is 1. The molecule has 0 saturated heterocycles. The van der Waals surface area contributed by atoms with E-state index in [1.165, 1.54) is 23.5 Å². The van der Waals surface area contributed by atoms with E-state index in [1.807, 2.05) is 6.92 Å². The smallest absolute Gasteiger partial charge is 0.335 e. The lowest BCUT2D eigenvalue weighted by atomic mass is 10.2. The molecule has 0 radical (unpaired) electrons. The molecule has 2 amide bonds. The summed E-state index contributed by atoms with van der Waals surface area (Å²) in [5.41, 5.74) is 2.24. The Balaban J connectivity index is 1.96. The lowest BCUT2D eigenvalue weighted by molar-refractivity contribution is 0.0696. The van der Waals surface area contributed by atoms with Crippen LogP contribution in [0, 0.1) is 12.7 Å². The number of carbonyl (C=O) groups is 2. The first-order valence-corrected chi connectivity index (χ1v) is 6.82. The number of nitrogens with one attached hydrogen (secondary N) is 2. The number of benzene rings is 1. The van der Waals surface area contributed by atoms with Gasteiger partial charge >= 0.3 is 12.0 Å². The molecular formula is C13H12FN3O3S. The predicted molar refractivity (Wildman–Crippen MR) is 76.1 cm³/mol. The molecule has 0 aliphatic carbocycles. The zero-order valence-electron chi connectivity index (χ0n) is 11.0. The molecule has 0 atom stereocenters. The molecule has 0 saturated carbocycles. The van der Waals surface area contributed by atoms with E-state index in [9.17, 15) is 14.0 Å². The second kappa shape index (κ2) is 6.31. The molecule has 0 aliphatic rings. The van der Waals surface area contributed by atoms with E-state index in [2.05, 4.69) is 15.6 Å². The third-order valence-electron chi connectivity index (χ3n) is 2.72. The second-order valence-corrected chi connectivity index (χ2v) is 5.11. The first-order valence-electron chi connectivity index (χ1n) is 5.94. The van der Waals surface area contributed by atoms with E-state index in [1.54, 1.807) is 5.51 Å². The number of carboxylic acids is 1. The predicted octanol–water partition coefficient (Wildman–Crippen LogP) is 2.61. The van der Waals surface area contributed by atoms with Crippen molar-refractivity contribution >= 4 is 29.0 Å². The van der Waals surface area contributed by atoms with Gasteiger partial charge < -0.3 is 15.7 Å². The third-order valence-corrected chi connectivity index (χ3v) is 3.65. The Bertz CT molecular complexity index is 687. The monoisotopic (exact) mass is 309 g/mol. The number of halogens is 1. The lowest BCUT2D eigenvalue weighted by Crippen LogP contribution is -2.28. The molecule has 21 heavy (non-hydrogen) atoms. The van der Waals surface area contributed by atoms with Gasteiger partial charge in [0.15, 0.2) is 0 Å². The Hall–Kier alpha value is -2.48. The number of amides is 2. The van der Waals surface area contributed by atoms with Gasteiger partial charge in [0.2, 0.25) is 0 Å². The quantitative estimate of drug-likeness (QED) is 0.809. The Morgan fingerprint density at radius 1 is 1.43 bits per heavy atom. The average molecular weight is 309 g/mol. The summed E-state index contributed by atoms with van der Waals surface area (Å²) in [5, 5.41) is 13.6. The van der Waals surface area contributed by atoms with Crippen LogP contribution in [0.25, 0.3) is 0 Å². The summed E-state index contributed by atoms with van der Waals surface area (Å²) in [5.74, 6) is -2.04. The van der Waals surface area contributed by atoms with Crippen molar-refractivity contribution in [3.05, 3.63) is 45.7 Å². The Morgan fingerprint density at radius 3 is 2.76 bits per heavy atom. The van der Waals surface area contributed by atoms with Crippen LogP contribution in [0.2, 0.25) is 0 Å². The van der Waals surface area contributed by atoms with Crippen LogP contribution in [0.15, 0.2) is 23.7 Å². The van der Waals surface area contributed by atoms with Crippen LogP contribution in [0.4, 0.5) is 14.9 Å². The van der Waals surface area contributed by atoms with E-state index in [-0.39, 0.29) is 17.8 Å². The highest BCUT2D eigenvalue weighted by Gasteiger charge is 2.11. The minimum absolute atomic E-state index is 0.0847. The summed E-state index contributed by atoms with van der Waals surface area (Å²) < 4.78 is 13.6. The first kappa shape index (κ1) is 14.9. The second-order valence-electron chi connectivity index (χ2n) is 4.17. The van der Waals surface area contributed by atoms with E-state index in [0.29, 0.717) is 0 Å². The number of carbonyl (C=O) groups excluding carboxylic acids is 1. The maximum Gasteiger partial charge on any atom is 0.335 e. The van der Waals surface area contributed by atoms with Crippen molar-refractivity contribution in [1.82, 2.24) is 10.3 Å². The number of rotatable bonds is 4. The number of anilines is 1. The number of thiazole rings is 1. The van der Waals surface area contributed by atoms with Gasteiger partial charge in [0, 0.05) is 4.88 Å². The lowest BCUT2D eigenvalue weighted by Gasteiger charge is -2.08. The molecular weight excluding hydrogens is 297 g/mol. The summed E-state index contributed by atoms with van der Waals surface area (Å²) in [6, 6.07) is 2.69. The Morgan fingerprint density at radius 2 is 2.19 bits per heavy atom. The van der Waals surface area contributed by atoms with Crippen molar-refractivity contribution in [2.45, 2.75) is 13.5 Å². The van der Waals surface area contributed by atoms with Gasteiger partial charge in [0.05, 0.1) is 29.0 Å². The van der Waals surface area contributed by atoms with Crippen LogP contribution in [0.3, 0.4) is 0 Å². The molecule has 2 rings (SSSR count). The average Bonchev–Trinajstić information content (AvgIpc) is 2.84. The zero-order chi connectivity index (χ0) is 15.4. The summed E-state index contributed by atoms with van der Waals surface area (Å²) in [7, 11) is 0. The van der Waals surface area contributed by atoms with Crippen molar-refractivity contribution in [1.29, 1.82) is 0 Å². The molecule has 0 fully saturated rings. The Labute approximate surface area is 123 Å². The zero-order valence-corrected chi connectivity index (χ0v) is 11.8. The maximum absolute atomic E-state index is 13.6. The van der Waals surface area contributed by atoms with Crippen molar-refractivity contribution in [2.24, 2.45) is 0 Å². The molecule has 2 aromatic rings. The van der Waals surface area contributed by atoms with Crippen molar-refractivity contribution < 1.29 is 19.1 Å². The molecule has 0 unspecified atom stereocenters. The molecule has 0 aliphatic heterocycles. The minimum atomic E-state index is -1.23. The molecule has 1 aromatic carbocycles. The number of hydrogen-bond donors (Lipinski definition) is 3. The molecule has 0 bridgehead atoms. The van der Waals surface area contributed by atoms with Gasteiger partial charge in [-0.25, -0.2) is 19.0 Å². The normalized spacial score (nSPS) is 10.2. The fourth-order valence-electron chi connectivity index (χ4n) is 1.57. The molecule has 1 heterocycles. The maximum atomic E-state index is 13.6. The van der Waals surface area contributed by atoms with Crippen LogP contribution >= 0.6 is 11.3 Å². The molecule has 0 spiro atoms. The molecule has 1 aromatic heterocycles. The summed E-state index contributed by atoms with van der Waals surface area (Å²) in [4.78, 5) is 27.3. The van der Waals surface area contributed by atoms with E-state index in [4.69, 9.17) is 5.11 Å². The van der Waals surface area contributed by atoms with Gasteiger partial charge in [0.1, 0.15) is 5.82 Å². The largest absolute Gasteiger partial charge is 0.478 e. The van der Waals surface area contributed by atoms with Crippen LogP contribution in [-0.4, -0.2) is 22.1 Å². The van der Waals surface area contributed by atoms with Crippen molar-refractivity contribution in [3.63, 3.8) is 0 Å². The molecule has 110 valence electrons. The van der Waals surface area contributed by atoms with Gasteiger partial charge in [-0.15, -0.1) is 11.3 Å². The standard InChI is InChI=1S/C13H12FN3O3S/c1-7-11(21-6-16-7)5-15-13(20)17-10-3-2-8(12(18)19)4-9(10)14/h2-4,6H,5H2,1H3,(H,18,19)(H2,15,17,20). The summed E-state index contributed by atoms with van der Waals surface area (Å²) in [6.07, 6.45) is 0. The third kappa shape index (κ3) is 3.76. The highest BCUT2D eigenvalue weighted by molar-refractivity contribution is 7.09. The van der Waals surface area contributed by atoms with Crippen LogP contribution in [0.1, 0.15) is 20.9 Å². The van der Waals surface area contributed by atoms with Crippen LogP contribution in [-0.2, 0) is 6.54 Å². The summed E-state index contributed by atoms with van der Waals surface area (Å²) in [6.45, 7) is 2.12. The van der Waals surface area contributed by atoms with Crippen LogP contribution < -0.4 is 10.6 Å². The van der Waals surface area contributed by atoms with Crippen molar-refractivity contribution in [2.75, 3.05) is 5.32 Å². The van der Waals surface area contributed by atoms with Gasteiger partial charge in [-0.2, -0.15) is 0 Å². The van der Waals surface area contributed by atoms with Crippen molar-refractivity contribution in [3.8, 4) is 0 Å². The van der Waals surface area contributed by atoms with E-state index < -0.39 is 17.8 Å². The highest BCUT2D eigenvalue weighted by Crippen LogP contribution is 2.16. The summed E-state index contributed by atoms with van der Waals surface area (Å²) >= 11 is 1.41. The fourth-order valence-corrected chi connectivity index (χ4v) is 2.29. The molecule has 3 N–H and O–H groups in total. The highest BCUT2D eigenvalue weighted by atomic mass is 32.1.